The van der Waals surface area contributed by atoms with Crippen LogP contribution in [0.3, 0.4) is 0 Å². The molecule has 2 heteroatoms. The van der Waals surface area contributed by atoms with E-state index in [2.05, 4.69) is 10.3 Å². The predicted octanol–water partition coefficient (Wildman–Crippen LogP) is 1.08. The van der Waals surface area contributed by atoms with Crippen LogP contribution in [0.25, 0.3) is 0 Å². The molecule has 0 spiro atoms. The Morgan fingerprint density at radius 3 is 3.44 bits per heavy atom. The van der Waals surface area contributed by atoms with Crippen LogP contribution in [0.15, 0.2) is 29.0 Å². The molecule has 1 aliphatic rings. The normalized spacial score (nSPS) is 17.7. The van der Waals surface area contributed by atoms with Gasteiger partial charge in [0.15, 0.2) is 0 Å². The molecule has 0 aromatic heterocycles. The van der Waals surface area contributed by atoms with Crippen molar-refractivity contribution < 1.29 is 0 Å². The maximum Gasteiger partial charge on any atom is 0.0589 e. The molecule has 0 aromatic carbocycles. The lowest BCUT2D eigenvalue weighted by molar-refractivity contribution is 1.03. The molecule has 9 heavy (non-hydrogen) atoms. The molecule has 1 heterocycles. The summed E-state index contributed by atoms with van der Waals surface area (Å²) >= 11 is 0. The summed E-state index contributed by atoms with van der Waals surface area (Å²) in [6, 6.07) is 0. The first-order valence-electron chi connectivity index (χ1n) is 2.98. The fraction of sp³-hybridized carbons (Fsp3) is 0.286. The minimum Gasteiger partial charge on any atom is -0.365 e. The zero-order valence-electron chi connectivity index (χ0n) is 5.46. The number of hydrogen-bond acceptors (Lipinski definition) is 2. The van der Waals surface area contributed by atoms with Crippen LogP contribution in [0.2, 0.25) is 0 Å². The second-order valence-electron chi connectivity index (χ2n) is 1.90. The number of nitrogens with zero attached hydrogens (tertiary/aromatic N) is 1. The van der Waals surface area contributed by atoms with E-state index in [1.54, 1.807) is 6.21 Å². The second-order valence-corrected chi connectivity index (χ2v) is 1.90. The summed E-state index contributed by atoms with van der Waals surface area (Å²) < 4.78 is 0. The first-order valence-corrected chi connectivity index (χ1v) is 2.98. The van der Waals surface area contributed by atoms with Crippen molar-refractivity contribution in [2.75, 3.05) is 6.54 Å². The van der Waals surface area contributed by atoms with Crippen LogP contribution in [-0.2, 0) is 0 Å². The maximum atomic E-state index is 4.05. The molecule has 0 unspecified atom stereocenters. The Hall–Kier alpha value is -1.05. The maximum absolute atomic E-state index is 4.05. The third-order valence-corrected chi connectivity index (χ3v) is 1.10. The van der Waals surface area contributed by atoms with Gasteiger partial charge in [-0.1, -0.05) is 0 Å². The molecule has 0 bridgehead atoms. The van der Waals surface area contributed by atoms with Crippen LogP contribution in [0.4, 0.5) is 0 Å². The molecule has 0 aliphatic carbocycles. The van der Waals surface area contributed by atoms with Gasteiger partial charge in [0.25, 0.3) is 0 Å². The zero-order valence-corrected chi connectivity index (χ0v) is 5.46. The minimum atomic E-state index is 0.781. The van der Waals surface area contributed by atoms with Crippen molar-refractivity contribution in [1.82, 2.24) is 5.32 Å². The Labute approximate surface area is 55.0 Å². The Bertz CT molecular complexity index is 166. The fourth-order valence-corrected chi connectivity index (χ4v) is 0.593. The highest BCUT2D eigenvalue weighted by atomic mass is 14.8. The average molecular weight is 122 g/mol. The smallest absolute Gasteiger partial charge is 0.0589 e. The van der Waals surface area contributed by atoms with E-state index in [0.717, 1.165) is 12.2 Å². The molecule has 0 radical (unpaired) electrons. The molecule has 2 nitrogen and oxygen atoms in total. The molecule has 0 saturated heterocycles. The van der Waals surface area contributed by atoms with Gasteiger partial charge in [0.1, 0.15) is 0 Å². The largest absolute Gasteiger partial charge is 0.365 e. The molecule has 0 aromatic rings. The third-order valence-electron chi connectivity index (χ3n) is 1.10. The number of rotatable bonds is 0. The van der Waals surface area contributed by atoms with Crippen molar-refractivity contribution in [3.05, 3.63) is 24.0 Å². The van der Waals surface area contributed by atoms with Crippen LogP contribution >= 0.6 is 0 Å². The van der Waals surface area contributed by atoms with Crippen LogP contribution in [0.1, 0.15) is 6.92 Å². The lowest BCUT2D eigenvalue weighted by Gasteiger charge is -1.99. The lowest BCUT2D eigenvalue weighted by Crippen LogP contribution is -2.02. The van der Waals surface area contributed by atoms with Crippen molar-refractivity contribution >= 4 is 6.21 Å². The van der Waals surface area contributed by atoms with E-state index in [0.29, 0.717) is 0 Å². The second kappa shape index (κ2) is 3.07. The molecule has 48 valence electrons. The van der Waals surface area contributed by atoms with Crippen molar-refractivity contribution in [2.45, 2.75) is 6.92 Å². The average Bonchev–Trinajstić information content (AvgIpc) is 1.79. The van der Waals surface area contributed by atoms with E-state index in [4.69, 9.17) is 0 Å². The molecular formula is C7H10N2. The SMILES string of the molecule is CC1=CCN=CC=CN1. The molecule has 0 atom stereocenters. The fourth-order valence-electron chi connectivity index (χ4n) is 0.593. The van der Waals surface area contributed by atoms with Crippen molar-refractivity contribution in [3.63, 3.8) is 0 Å². The highest BCUT2D eigenvalue weighted by molar-refractivity contribution is 5.71. The Morgan fingerprint density at radius 2 is 2.56 bits per heavy atom. The monoisotopic (exact) mass is 122 g/mol. The Balaban J connectivity index is 2.61. The summed E-state index contributed by atoms with van der Waals surface area (Å²) in [6.45, 7) is 2.80. The summed E-state index contributed by atoms with van der Waals surface area (Å²) in [5.41, 5.74) is 1.16. The van der Waals surface area contributed by atoms with Gasteiger partial charge in [0.2, 0.25) is 0 Å². The van der Waals surface area contributed by atoms with Gasteiger partial charge >= 0.3 is 0 Å². The minimum absolute atomic E-state index is 0.781. The summed E-state index contributed by atoms with van der Waals surface area (Å²) in [4.78, 5) is 4.05. The molecule has 0 fully saturated rings. The van der Waals surface area contributed by atoms with E-state index in [1.807, 2.05) is 25.3 Å². The first-order chi connectivity index (χ1) is 4.39. The van der Waals surface area contributed by atoms with Gasteiger partial charge in [-0.3, -0.25) is 4.99 Å². The van der Waals surface area contributed by atoms with Gasteiger partial charge in [-0.05, 0) is 19.1 Å². The topological polar surface area (TPSA) is 24.4 Å². The molecule has 1 rings (SSSR count). The van der Waals surface area contributed by atoms with E-state index in [1.165, 1.54) is 0 Å². The predicted molar refractivity (Wildman–Crippen MR) is 39.4 cm³/mol. The Morgan fingerprint density at radius 1 is 1.67 bits per heavy atom. The summed E-state index contributed by atoms with van der Waals surface area (Å²) in [5.74, 6) is 0. The summed E-state index contributed by atoms with van der Waals surface area (Å²) in [7, 11) is 0. The van der Waals surface area contributed by atoms with E-state index in [-0.39, 0.29) is 0 Å². The highest BCUT2D eigenvalue weighted by Gasteiger charge is 1.82. The summed E-state index contributed by atoms with van der Waals surface area (Å²) in [5, 5.41) is 3.07. The standard InChI is InChI=1S/C7H10N2/c1-7-3-6-8-4-2-5-9-7/h2-5,9H,6H2,1H3. The van der Waals surface area contributed by atoms with Crippen LogP contribution < -0.4 is 5.32 Å². The van der Waals surface area contributed by atoms with E-state index < -0.39 is 0 Å². The molecule has 1 N–H and O–H groups in total. The quantitative estimate of drug-likeness (QED) is 0.510. The Kier molecular flexibility index (Phi) is 2.07. The van der Waals surface area contributed by atoms with Gasteiger partial charge in [0.05, 0.1) is 6.54 Å². The zero-order chi connectivity index (χ0) is 6.53. The van der Waals surface area contributed by atoms with E-state index in [9.17, 15) is 0 Å². The van der Waals surface area contributed by atoms with E-state index >= 15 is 0 Å². The lowest BCUT2D eigenvalue weighted by atomic mass is 10.4. The number of allylic oxidation sites excluding steroid dienone is 2. The number of nitrogens with one attached hydrogen (secondary N) is 1. The van der Waals surface area contributed by atoms with Gasteiger partial charge < -0.3 is 5.32 Å². The number of hydrogen-bond donors (Lipinski definition) is 1. The van der Waals surface area contributed by atoms with Crippen LogP contribution in [0, 0.1) is 0 Å². The van der Waals surface area contributed by atoms with Crippen molar-refractivity contribution in [3.8, 4) is 0 Å². The van der Waals surface area contributed by atoms with Gasteiger partial charge in [-0.15, -0.1) is 0 Å². The summed E-state index contributed by atoms with van der Waals surface area (Å²) in [6.07, 6.45) is 7.58. The van der Waals surface area contributed by atoms with Gasteiger partial charge in [-0.25, -0.2) is 0 Å². The van der Waals surface area contributed by atoms with Gasteiger partial charge in [-0.2, -0.15) is 0 Å². The van der Waals surface area contributed by atoms with Crippen LogP contribution in [0.5, 0.6) is 0 Å². The van der Waals surface area contributed by atoms with Crippen LogP contribution in [-0.4, -0.2) is 12.8 Å². The highest BCUT2D eigenvalue weighted by Crippen LogP contribution is 1.88. The van der Waals surface area contributed by atoms with Crippen molar-refractivity contribution in [1.29, 1.82) is 0 Å². The van der Waals surface area contributed by atoms with Crippen molar-refractivity contribution in [2.24, 2.45) is 4.99 Å². The molecule has 0 amide bonds. The molecule has 1 aliphatic heterocycles. The first kappa shape index (κ1) is 6.08. The van der Waals surface area contributed by atoms with Gasteiger partial charge in [0, 0.05) is 18.1 Å². The number of aliphatic imine (C=N–C) groups is 1. The molecular weight excluding hydrogens is 112 g/mol. The molecule has 0 saturated carbocycles. The third kappa shape index (κ3) is 2.13.